The van der Waals surface area contributed by atoms with Gasteiger partial charge in [-0.15, -0.1) is 0 Å². The zero-order valence-corrected chi connectivity index (χ0v) is 19.2. The summed E-state index contributed by atoms with van der Waals surface area (Å²) < 4.78 is 16.8. The highest BCUT2D eigenvalue weighted by Crippen LogP contribution is 2.38. The first-order chi connectivity index (χ1) is 14.9. The van der Waals surface area contributed by atoms with Gasteiger partial charge in [-0.2, -0.15) is 0 Å². The summed E-state index contributed by atoms with van der Waals surface area (Å²) in [6.07, 6.45) is 2.82. The van der Waals surface area contributed by atoms with Crippen molar-refractivity contribution >= 4 is 23.3 Å². The van der Waals surface area contributed by atoms with E-state index < -0.39 is 23.1 Å². The lowest BCUT2D eigenvalue weighted by molar-refractivity contribution is -0.121. The van der Waals surface area contributed by atoms with Gasteiger partial charge in [0, 0.05) is 6.07 Å². The molecule has 0 aliphatic carbocycles. The Hall–Kier alpha value is -3.55. The number of nitrogens with one attached hydrogen (secondary N) is 2. The van der Waals surface area contributed by atoms with Crippen LogP contribution in [0.15, 0.2) is 42.6 Å². The first kappa shape index (κ1) is 23.1. The van der Waals surface area contributed by atoms with Crippen LogP contribution in [0.3, 0.4) is 0 Å². The molecule has 1 aliphatic heterocycles. The third kappa shape index (κ3) is 5.78. The Morgan fingerprint density at radius 1 is 1.09 bits per heavy atom. The van der Waals surface area contributed by atoms with Gasteiger partial charge in [-0.1, -0.05) is 6.07 Å². The van der Waals surface area contributed by atoms with Crippen molar-refractivity contribution in [2.45, 2.75) is 52.7 Å². The lowest BCUT2D eigenvalue weighted by atomic mass is 10.0. The molecule has 2 N–H and O–H groups in total. The second-order valence-electron chi connectivity index (χ2n) is 9.02. The molecule has 1 aromatic carbocycles. The number of ether oxygens (including phenoxy) is 3. The Bertz CT molecular complexity index is 1040. The molecule has 0 unspecified atom stereocenters. The zero-order valence-electron chi connectivity index (χ0n) is 19.2. The molecule has 0 radical (unpaired) electrons. The summed E-state index contributed by atoms with van der Waals surface area (Å²) in [5, 5.41) is 5.32. The maximum atomic E-state index is 12.6. The average molecular weight is 440 g/mol. The fourth-order valence-corrected chi connectivity index (χ4v) is 2.99. The van der Waals surface area contributed by atoms with E-state index in [-0.39, 0.29) is 0 Å². The Kier molecular flexibility index (Phi) is 6.43. The van der Waals surface area contributed by atoms with E-state index in [2.05, 4.69) is 15.6 Å². The van der Waals surface area contributed by atoms with Crippen LogP contribution in [-0.2, 0) is 9.53 Å². The highest BCUT2D eigenvalue weighted by atomic mass is 16.6. The highest BCUT2D eigenvalue weighted by Gasteiger charge is 2.31. The summed E-state index contributed by atoms with van der Waals surface area (Å²) in [5.41, 5.74) is 0.591. The Morgan fingerprint density at radius 3 is 2.50 bits per heavy atom. The van der Waals surface area contributed by atoms with Crippen molar-refractivity contribution in [1.29, 1.82) is 0 Å². The minimum atomic E-state index is -1.19. The molecule has 2 amide bonds. The molecular weight excluding hydrogens is 410 g/mol. The number of hydrogen-bond acceptors (Lipinski definition) is 6. The van der Waals surface area contributed by atoms with E-state index in [0.29, 0.717) is 23.9 Å². The van der Waals surface area contributed by atoms with Crippen LogP contribution in [-0.4, -0.2) is 34.7 Å². The molecule has 1 aromatic heterocycles. The van der Waals surface area contributed by atoms with Crippen molar-refractivity contribution in [2.24, 2.45) is 0 Å². The predicted molar refractivity (Wildman–Crippen MR) is 122 cm³/mol. The fraction of sp³-hybridized carbons (Fsp3) is 0.375. The molecule has 0 saturated heterocycles. The number of carbonyl (C=O) groups is 2. The Morgan fingerprint density at radius 2 is 1.84 bits per heavy atom. The molecule has 170 valence electrons. The summed E-state index contributed by atoms with van der Waals surface area (Å²) in [5.74, 6) is 1.38. The van der Waals surface area contributed by atoms with Gasteiger partial charge in [-0.25, -0.2) is 9.78 Å². The molecule has 0 atom stereocenters. The van der Waals surface area contributed by atoms with Gasteiger partial charge in [-0.3, -0.25) is 4.79 Å². The fourth-order valence-electron chi connectivity index (χ4n) is 2.99. The average Bonchev–Trinajstić information content (AvgIpc) is 2.67. The van der Waals surface area contributed by atoms with Crippen molar-refractivity contribution in [3.05, 3.63) is 48.2 Å². The van der Waals surface area contributed by atoms with Gasteiger partial charge in [-0.05, 0) is 71.4 Å². The number of rotatable bonds is 5. The number of pyridine rings is 1. The standard InChI is InChI=1S/C24H29N3O5/c1-15-12-13-30-17-8-7-9-18(20(15)17)31-19-11-10-16(14-25-19)26-21(28)24(5,6)27-22(29)32-23(2,3)4/h7-12,14H,13H2,1-6H3,(H,26,28)(H,27,29). The number of hydrogen-bond donors (Lipinski definition) is 2. The molecule has 0 saturated carbocycles. The van der Waals surface area contributed by atoms with Crippen molar-refractivity contribution < 1.29 is 23.8 Å². The molecule has 0 bridgehead atoms. The van der Waals surface area contributed by atoms with E-state index in [0.717, 1.165) is 16.9 Å². The molecule has 0 fully saturated rings. The summed E-state index contributed by atoms with van der Waals surface area (Å²) in [7, 11) is 0. The van der Waals surface area contributed by atoms with Gasteiger partial charge in [0.2, 0.25) is 11.8 Å². The van der Waals surface area contributed by atoms with Crippen LogP contribution in [0.4, 0.5) is 10.5 Å². The van der Waals surface area contributed by atoms with E-state index in [1.165, 1.54) is 6.20 Å². The lowest BCUT2D eigenvalue weighted by Crippen LogP contribution is -2.53. The molecular formula is C24H29N3O5. The number of aromatic nitrogens is 1. The van der Waals surface area contributed by atoms with Gasteiger partial charge < -0.3 is 24.8 Å². The summed E-state index contributed by atoms with van der Waals surface area (Å²) in [6.45, 7) is 11.0. The molecule has 2 aromatic rings. The topological polar surface area (TPSA) is 98.8 Å². The second-order valence-corrected chi connectivity index (χ2v) is 9.02. The number of nitrogens with zero attached hydrogens (tertiary/aromatic N) is 1. The van der Waals surface area contributed by atoms with Crippen LogP contribution in [0.25, 0.3) is 5.57 Å². The van der Waals surface area contributed by atoms with Gasteiger partial charge >= 0.3 is 6.09 Å². The minimum Gasteiger partial charge on any atom is -0.489 e. The summed E-state index contributed by atoms with van der Waals surface area (Å²) >= 11 is 0. The number of fused-ring (bicyclic) bond motifs is 1. The van der Waals surface area contributed by atoms with E-state index in [9.17, 15) is 9.59 Å². The normalized spacial score (nSPS) is 13.2. The number of alkyl carbamates (subject to hydrolysis) is 1. The van der Waals surface area contributed by atoms with Crippen LogP contribution in [0.1, 0.15) is 47.1 Å². The molecule has 2 heterocycles. The SMILES string of the molecule is CC1=CCOc2cccc(Oc3ccc(NC(=O)C(C)(C)NC(=O)OC(C)(C)C)cn3)c21. The van der Waals surface area contributed by atoms with Crippen LogP contribution in [0.5, 0.6) is 17.4 Å². The summed E-state index contributed by atoms with van der Waals surface area (Å²) in [6, 6.07) is 8.95. The number of allylic oxidation sites excluding steroid dienone is 1. The first-order valence-corrected chi connectivity index (χ1v) is 10.3. The van der Waals surface area contributed by atoms with E-state index >= 15 is 0 Å². The van der Waals surface area contributed by atoms with Crippen molar-refractivity contribution in [3.63, 3.8) is 0 Å². The zero-order chi connectivity index (χ0) is 23.5. The third-order valence-corrected chi connectivity index (χ3v) is 4.60. The lowest BCUT2D eigenvalue weighted by Gasteiger charge is -2.27. The smallest absolute Gasteiger partial charge is 0.408 e. The van der Waals surface area contributed by atoms with Crippen molar-refractivity contribution in [2.75, 3.05) is 11.9 Å². The van der Waals surface area contributed by atoms with Crippen molar-refractivity contribution in [3.8, 4) is 17.4 Å². The summed E-state index contributed by atoms with van der Waals surface area (Å²) in [4.78, 5) is 29.0. The maximum absolute atomic E-state index is 12.6. The molecule has 32 heavy (non-hydrogen) atoms. The molecule has 0 spiro atoms. The molecule has 8 heteroatoms. The highest BCUT2D eigenvalue weighted by molar-refractivity contribution is 5.99. The molecule has 3 rings (SSSR count). The number of amides is 2. The number of anilines is 1. The molecule has 1 aliphatic rings. The van der Waals surface area contributed by atoms with E-state index in [4.69, 9.17) is 14.2 Å². The Balaban J connectivity index is 1.65. The number of benzene rings is 1. The van der Waals surface area contributed by atoms with Crippen LogP contribution in [0.2, 0.25) is 0 Å². The van der Waals surface area contributed by atoms with Crippen LogP contribution in [0, 0.1) is 0 Å². The largest absolute Gasteiger partial charge is 0.489 e. The van der Waals surface area contributed by atoms with Gasteiger partial charge in [0.25, 0.3) is 0 Å². The van der Waals surface area contributed by atoms with Crippen LogP contribution < -0.4 is 20.1 Å². The monoisotopic (exact) mass is 439 g/mol. The van der Waals surface area contributed by atoms with Gasteiger partial charge in [0.05, 0.1) is 17.4 Å². The van der Waals surface area contributed by atoms with Gasteiger partial charge in [0.1, 0.15) is 29.2 Å². The van der Waals surface area contributed by atoms with E-state index in [1.807, 2.05) is 31.2 Å². The van der Waals surface area contributed by atoms with Crippen LogP contribution >= 0.6 is 0 Å². The second kappa shape index (κ2) is 8.90. The van der Waals surface area contributed by atoms with E-state index in [1.54, 1.807) is 46.8 Å². The molecule has 8 nitrogen and oxygen atoms in total. The predicted octanol–water partition coefficient (Wildman–Crippen LogP) is 4.91. The Labute approximate surface area is 188 Å². The van der Waals surface area contributed by atoms with Crippen molar-refractivity contribution in [1.82, 2.24) is 10.3 Å². The third-order valence-electron chi connectivity index (χ3n) is 4.60. The quantitative estimate of drug-likeness (QED) is 0.687. The first-order valence-electron chi connectivity index (χ1n) is 10.3. The maximum Gasteiger partial charge on any atom is 0.408 e. The van der Waals surface area contributed by atoms with Gasteiger partial charge in [0.15, 0.2) is 0 Å². The minimum absolute atomic E-state index is 0.376. The number of carbonyl (C=O) groups excluding carboxylic acids is 2.